The highest BCUT2D eigenvalue weighted by atomic mass is 19.1. The van der Waals surface area contributed by atoms with Crippen molar-refractivity contribution in [3.8, 4) is 17.2 Å². The van der Waals surface area contributed by atoms with Gasteiger partial charge in [-0.05, 0) is 36.2 Å². The molecule has 0 saturated carbocycles. The lowest BCUT2D eigenvalue weighted by Crippen LogP contribution is -2.02. The smallest absolute Gasteiger partial charge is 0.162 e. The summed E-state index contributed by atoms with van der Waals surface area (Å²) in [7, 11) is 3.15. The number of rotatable bonds is 5. The van der Waals surface area contributed by atoms with Gasteiger partial charge in [-0.15, -0.1) is 0 Å². The van der Waals surface area contributed by atoms with Gasteiger partial charge in [-0.3, -0.25) is 0 Å². The summed E-state index contributed by atoms with van der Waals surface area (Å²) in [5.41, 5.74) is 2.49. The van der Waals surface area contributed by atoms with Crippen LogP contribution in [0.3, 0.4) is 0 Å². The highest BCUT2D eigenvalue weighted by Gasteiger charge is 2.08. The van der Waals surface area contributed by atoms with Crippen LogP contribution >= 0.6 is 0 Å². The van der Waals surface area contributed by atoms with Crippen LogP contribution in [0.25, 0.3) is 0 Å². The molecule has 2 aromatic rings. The largest absolute Gasteiger partial charge is 0.508 e. The minimum absolute atomic E-state index is 0.0872. The Hall–Kier alpha value is -2.43. The molecule has 4 nitrogen and oxygen atoms in total. The standard InChI is InChI=1S/C16H18FNO3/c1-10-4-15(20-2)16(21-3)8-14(10)18-9-11-5-12(17)7-13(19)6-11/h4-8,18-19H,9H2,1-3H3. The zero-order chi connectivity index (χ0) is 15.4. The first-order valence-electron chi connectivity index (χ1n) is 6.48. The predicted octanol–water partition coefficient (Wildman–Crippen LogP) is 3.47. The van der Waals surface area contributed by atoms with Crippen LogP contribution in [0.4, 0.5) is 10.1 Å². The average Bonchev–Trinajstić information content (AvgIpc) is 2.44. The first kappa shape index (κ1) is 15.0. The molecular formula is C16H18FNO3. The molecule has 2 rings (SSSR count). The molecule has 0 radical (unpaired) electrons. The number of halogens is 1. The molecule has 0 spiro atoms. The molecule has 0 fully saturated rings. The number of aryl methyl sites for hydroxylation is 1. The number of benzene rings is 2. The van der Waals surface area contributed by atoms with Crippen molar-refractivity contribution in [1.29, 1.82) is 0 Å². The SMILES string of the molecule is COc1cc(C)c(NCc2cc(O)cc(F)c2)cc1OC. The van der Waals surface area contributed by atoms with E-state index in [-0.39, 0.29) is 5.75 Å². The van der Waals surface area contributed by atoms with E-state index < -0.39 is 5.82 Å². The molecule has 0 atom stereocenters. The molecule has 0 aliphatic heterocycles. The fourth-order valence-electron chi connectivity index (χ4n) is 2.10. The number of hydrogen-bond donors (Lipinski definition) is 2. The summed E-state index contributed by atoms with van der Waals surface area (Å²) >= 11 is 0. The Labute approximate surface area is 123 Å². The summed E-state index contributed by atoms with van der Waals surface area (Å²) in [6.07, 6.45) is 0. The Morgan fingerprint density at radius 3 is 2.33 bits per heavy atom. The van der Waals surface area contributed by atoms with Crippen molar-refractivity contribution >= 4 is 5.69 Å². The Bertz CT molecular complexity index is 623. The molecule has 0 unspecified atom stereocenters. The average molecular weight is 291 g/mol. The van der Waals surface area contributed by atoms with Gasteiger partial charge in [-0.1, -0.05) is 0 Å². The van der Waals surface area contributed by atoms with E-state index >= 15 is 0 Å². The highest BCUT2D eigenvalue weighted by molar-refractivity contribution is 5.60. The Morgan fingerprint density at radius 2 is 1.71 bits per heavy atom. The van der Waals surface area contributed by atoms with Gasteiger partial charge in [0.15, 0.2) is 11.5 Å². The maximum atomic E-state index is 13.2. The van der Waals surface area contributed by atoms with Gasteiger partial charge in [-0.25, -0.2) is 4.39 Å². The summed E-state index contributed by atoms with van der Waals surface area (Å²) < 4.78 is 23.7. The van der Waals surface area contributed by atoms with Gasteiger partial charge in [0.1, 0.15) is 11.6 Å². The number of nitrogens with one attached hydrogen (secondary N) is 1. The fourth-order valence-corrected chi connectivity index (χ4v) is 2.10. The van der Waals surface area contributed by atoms with E-state index in [9.17, 15) is 9.50 Å². The Balaban J connectivity index is 2.19. The van der Waals surface area contributed by atoms with E-state index in [4.69, 9.17) is 9.47 Å². The molecular weight excluding hydrogens is 273 g/mol. The van der Waals surface area contributed by atoms with Gasteiger partial charge in [0.2, 0.25) is 0 Å². The molecule has 2 N–H and O–H groups in total. The number of phenolic OH excluding ortho intramolecular Hbond substituents is 1. The van der Waals surface area contributed by atoms with Crippen LogP contribution in [0, 0.1) is 12.7 Å². The number of methoxy groups -OCH3 is 2. The summed E-state index contributed by atoms with van der Waals surface area (Å²) in [6.45, 7) is 2.33. The highest BCUT2D eigenvalue weighted by Crippen LogP contribution is 2.33. The maximum absolute atomic E-state index is 13.2. The number of hydrogen-bond acceptors (Lipinski definition) is 4. The van der Waals surface area contributed by atoms with E-state index in [1.165, 1.54) is 12.1 Å². The lowest BCUT2D eigenvalue weighted by Gasteiger charge is -2.14. The topological polar surface area (TPSA) is 50.7 Å². The van der Waals surface area contributed by atoms with E-state index in [1.54, 1.807) is 14.2 Å². The number of ether oxygens (including phenoxy) is 2. The van der Waals surface area contributed by atoms with Gasteiger partial charge in [0.25, 0.3) is 0 Å². The Morgan fingerprint density at radius 1 is 1.05 bits per heavy atom. The molecule has 0 bridgehead atoms. The molecule has 0 aliphatic rings. The monoisotopic (exact) mass is 291 g/mol. The lowest BCUT2D eigenvalue weighted by molar-refractivity contribution is 0.355. The first-order valence-corrected chi connectivity index (χ1v) is 6.48. The normalized spacial score (nSPS) is 10.3. The summed E-state index contributed by atoms with van der Waals surface area (Å²) in [6, 6.07) is 7.66. The lowest BCUT2D eigenvalue weighted by atomic mass is 10.1. The van der Waals surface area contributed by atoms with Crippen molar-refractivity contribution < 1.29 is 19.0 Å². The van der Waals surface area contributed by atoms with Crippen molar-refractivity contribution in [3.05, 3.63) is 47.3 Å². The fraction of sp³-hybridized carbons (Fsp3) is 0.250. The number of anilines is 1. The van der Waals surface area contributed by atoms with Crippen LogP contribution in [0.1, 0.15) is 11.1 Å². The third-order valence-corrected chi connectivity index (χ3v) is 3.16. The third kappa shape index (κ3) is 3.56. The minimum atomic E-state index is -0.462. The number of aromatic hydroxyl groups is 1. The van der Waals surface area contributed by atoms with Gasteiger partial charge < -0.3 is 19.9 Å². The molecule has 0 amide bonds. The zero-order valence-corrected chi connectivity index (χ0v) is 12.2. The third-order valence-electron chi connectivity index (χ3n) is 3.16. The molecule has 0 aliphatic carbocycles. The summed E-state index contributed by atoms with van der Waals surface area (Å²) in [5.74, 6) is 0.725. The first-order chi connectivity index (χ1) is 10.0. The quantitative estimate of drug-likeness (QED) is 0.885. The van der Waals surface area contributed by atoms with Crippen LogP contribution in [0.2, 0.25) is 0 Å². The summed E-state index contributed by atoms with van der Waals surface area (Å²) in [5, 5.41) is 12.6. The summed E-state index contributed by atoms with van der Waals surface area (Å²) in [4.78, 5) is 0. The van der Waals surface area contributed by atoms with Gasteiger partial charge in [0.05, 0.1) is 14.2 Å². The molecule has 2 aromatic carbocycles. The maximum Gasteiger partial charge on any atom is 0.162 e. The van der Waals surface area contributed by atoms with E-state index in [1.807, 2.05) is 19.1 Å². The van der Waals surface area contributed by atoms with E-state index in [0.29, 0.717) is 23.6 Å². The van der Waals surface area contributed by atoms with E-state index in [2.05, 4.69) is 5.32 Å². The molecule has 0 saturated heterocycles. The second-order valence-electron chi connectivity index (χ2n) is 4.69. The van der Waals surface area contributed by atoms with Crippen LogP contribution in [0.15, 0.2) is 30.3 Å². The van der Waals surface area contributed by atoms with E-state index in [0.717, 1.165) is 17.3 Å². The molecule has 112 valence electrons. The van der Waals surface area contributed by atoms with Crippen molar-refractivity contribution in [2.24, 2.45) is 0 Å². The molecule has 5 heteroatoms. The van der Waals surface area contributed by atoms with Crippen molar-refractivity contribution in [2.75, 3.05) is 19.5 Å². The van der Waals surface area contributed by atoms with Crippen molar-refractivity contribution in [2.45, 2.75) is 13.5 Å². The van der Waals surface area contributed by atoms with Crippen molar-refractivity contribution in [1.82, 2.24) is 0 Å². The molecule has 0 heterocycles. The van der Waals surface area contributed by atoms with Crippen LogP contribution in [-0.4, -0.2) is 19.3 Å². The Kier molecular flexibility index (Phi) is 4.52. The van der Waals surface area contributed by atoms with Crippen LogP contribution in [0.5, 0.6) is 17.2 Å². The van der Waals surface area contributed by atoms with Gasteiger partial charge >= 0.3 is 0 Å². The van der Waals surface area contributed by atoms with Gasteiger partial charge in [-0.2, -0.15) is 0 Å². The van der Waals surface area contributed by atoms with Crippen LogP contribution < -0.4 is 14.8 Å². The predicted molar refractivity (Wildman–Crippen MR) is 79.7 cm³/mol. The zero-order valence-electron chi connectivity index (χ0n) is 12.2. The molecule has 0 aromatic heterocycles. The molecule has 21 heavy (non-hydrogen) atoms. The van der Waals surface area contributed by atoms with Crippen LogP contribution in [-0.2, 0) is 6.54 Å². The second kappa shape index (κ2) is 6.35. The number of phenols is 1. The van der Waals surface area contributed by atoms with Crippen molar-refractivity contribution in [3.63, 3.8) is 0 Å². The van der Waals surface area contributed by atoms with Gasteiger partial charge in [0, 0.05) is 24.4 Å². The minimum Gasteiger partial charge on any atom is -0.508 e. The second-order valence-corrected chi connectivity index (χ2v) is 4.69.